The van der Waals surface area contributed by atoms with Gasteiger partial charge in [-0.05, 0) is 61.1 Å². The summed E-state index contributed by atoms with van der Waals surface area (Å²) in [6, 6.07) is 14.8. The predicted molar refractivity (Wildman–Crippen MR) is 127 cm³/mol. The molecule has 2 aromatic rings. The molecule has 1 fully saturated rings. The van der Waals surface area contributed by atoms with Crippen LogP contribution >= 0.6 is 12.4 Å². The van der Waals surface area contributed by atoms with Crippen LogP contribution in [0, 0.1) is 0 Å². The molecule has 0 aliphatic carbocycles. The topological polar surface area (TPSA) is 35.9 Å². The van der Waals surface area contributed by atoms with Crippen LogP contribution in [0.5, 0.6) is 11.5 Å². The minimum atomic E-state index is 0. The van der Waals surface area contributed by atoms with Gasteiger partial charge in [0.25, 0.3) is 0 Å². The third-order valence-electron chi connectivity index (χ3n) is 6.43. The van der Waals surface area contributed by atoms with E-state index in [1.54, 1.807) is 7.11 Å². The second kappa shape index (κ2) is 11.6. The first-order valence-corrected chi connectivity index (χ1v) is 10.9. The Labute approximate surface area is 188 Å². The Morgan fingerprint density at radius 1 is 0.900 bits per heavy atom. The van der Waals surface area contributed by atoms with Crippen LogP contribution in [0.4, 0.5) is 0 Å². The smallest absolute Gasteiger partial charge is 0.120 e. The van der Waals surface area contributed by atoms with Gasteiger partial charge in [-0.2, -0.15) is 0 Å². The normalized spacial score (nSPS) is 17.2. The maximum Gasteiger partial charge on any atom is 0.120 e. The molecular weight excluding hydrogens is 396 g/mol. The zero-order valence-electron chi connectivity index (χ0n) is 18.8. The highest BCUT2D eigenvalue weighted by Crippen LogP contribution is 2.39. The van der Waals surface area contributed by atoms with Gasteiger partial charge >= 0.3 is 0 Å². The summed E-state index contributed by atoms with van der Waals surface area (Å²) < 4.78 is 5.33. The summed E-state index contributed by atoms with van der Waals surface area (Å²) in [6.45, 7) is 9.65. The molecule has 1 aliphatic rings. The first kappa shape index (κ1) is 24.5. The van der Waals surface area contributed by atoms with Crippen molar-refractivity contribution in [3.8, 4) is 11.5 Å². The number of nitrogens with zero attached hydrogens (tertiary/aromatic N) is 2. The first-order chi connectivity index (χ1) is 14.0. The molecule has 4 nitrogen and oxygen atoms in total. The van der Waals surface area contributed by atoms with Gasteiger partial charge in [0, 0.05) is 38.3 Å². The van der Waals surface area contributed by atoms with Crippen molar-refractivity contribution in [2.45, 2.75) is 45.1 Å². The van der Waals surface area contributed by atoms with Gasteiger partial charge in [-0.15, -0.1) is 12.4 Å². The molecule has 166 valence electrons. The molecule has 0 bridgehead atoms. The van der Waals surface area contributed by atoms with Gasteiger partial charge < -0.3 is 14.7 Å². The quantitative estimate of drug-likeness (QED) is 0.617. The standard InChI is InChI=1S/C25H36N2O2.ClH/c1-5-23(19-7-10-22(29-4)11-8-19)24(6-2)20-9-12-25(28)21(17-20)18-27-15-13-26(3)14-16-27;/h7-12,17,23-24,28H,5-6,13-16,18H2,1-4H3;1H. The number of phenolic OH excluding ortho intramolecular Hbond substituents is 1. The van der Waals surface area contributed by atoms with Gasteiger partial charge in [0.05, 0.1) is 7.11 Å². The molecule has 5 heteroatoms. The number of rotatable bonds is 8. The number of methoxy groups -OCH3 is 1. The second-order valence-electron chi connectivity index (χ2n) is 8.27. The summed E-state index contributed by atoms with van der Waals surface area (Å²) in [5.74, 6) is 2.20. The number of benzene rings is 2. The van der Waals surface area contributed by atoms with Crippen molar-refractivity contribution >= 4 is 12.4 Å². The fourth-order valence-electron chi connectivity index (χ4n) is 4.57. The Morgan fingerprint density at radius 3 is 2.03 bits per heavy atom. The molecule has 2 aromatic carbocycles. The molecule has 1 N–H and O–H groups in total. The third-order valence-corrected chi connectivity index (χ3v) is 6.43. The molecule has 1 saturated heterocycles. The van der Waals surface area contributed by atoms with E-state index in [4.69, 9.17) is 4.74 Å². The van der Waals surface area contributed by atoms with Crippen molar-refractivity contribution in [2.24, 2.45) is 0 Å². The number of hydrogen-bond acceptors (Lipinski definition) is 4. The molecule has 1 heterocycles. The molecular formula is C25H37ClN2O2. The van der Waals surface area contributed by atoms with Gasteiger partial charge in [-0.3, -0.25) is 4.90 Å². The Balaban J connectivity index is 0.00000320. The lowest BCUT2D eigenvalue weighted by molar-refractivity contribution is 0.147. The minimum absolute atomic E-state index is 0. The molecule has 2 atom stereocenters. The summed E-state index contributed by atoms with van der Waals surface area (Å²) in [5.41, 5.74) is 3.74. The fourth-order valence-corrected chi connectivity index (χ4v) is 4.57. The van der Waals surface area contributed by atoms with Crippen LogP contribution < -0.4 is 4.74 Å². The largest absolute Gasteiger partial charge is 0.508 e. The zero-order chi connectivity index (χ0) is 20.8. The molecule has 0 saturated carbocycles. The Hall–Kier alpha value is -1.75. The van der Waals surface area contributed by atoms with Crippen molar-refractivity contribution in [3.05, 3.63) is 59.2 Å². The lowest BCUT2D eigenvalue weighted by Crippen LogP contribution is -2.43. The average molecular weight is 433 g/mol. The maximum atomic E-state index is 10.5. The van der Waals surface area contributed by atoms with Crippen molar-refractivity contribution in [2.75, 3.05) is 40.3 Å². The number of halogens is 1. The van der Waals surface area contributed by atoms with E-state index in [1.165, 1.54) is 11.1 Å². The van der Waals surface area contributed by atoms with E-state index in [0.717, 1.165) is 56.9 Å². The summed E-state index contributed by atoms with van der Waals surface area (Å²) in [7, 11) is 3.88. The molecule has 2 unspecified atom stereocenters. The lowest BCUT2D eigenvalue weighted by Gasteiger charge is -2.33. The van der Waals surface area contributed by atoms with Crippen LogP contribution in [-0.2, 0) is 6.54 Å². The highest BCUT2D eigenvalue weighted by Gasteiger charge is 2.23. The number of phenols is 1. The molecule has 0 radical (unpaired) electrons. The number of piperazine rings is 1. The van der Waals surface area contributed by atoms with Crippen LogP contribution in [0.2, 0.25) is 0 Å². The Morgan fingerprint density at radius 2 is 1.47 bits per heavy atom. The molecule has 0 amide bonds. The van der Waals surface area contributed by atoms with Crippen molar-refractivity contribution in [3.63, 3.8) is 0 Å². The van der Waals surface area contributed by atoms with E-state index >= 15 is 0 Å². The van der Waals surface area contributed by atoms with Gasteiger partial charge in [0.2, 0.25) is 0 Å². The van der Waals surface area contributed by atoms with Crippen molar-refractivity contribution < 1.29 is 9.84 Å². The summed E-state index contributed by atoms with van der Waals surface area (Å²) in [6.07, 6.45) is 2.16. The van der Waals surface area contributed by atoms with Gasteiger partial charge in [0.1, 0.15) is 11.5 Å². The summed E-state index contributed by atoms with van der Waals surface area (Å²) >= 11 is 0. The number of likely N-dealkylation sites (N-methyl/N-ethyl adjacent to an activating group) is 1. The number of aromatic hydroxyl groups is 1. The van der Waals surface area contributed by atoms with Gasteiger partial charge in [-0.1, -0.05) is 38.1 Å². The van der Waals surface area contributed by atoms with Crippen molar-refractivity contribution in [1.82, 2.24) is 9.80 Å². The van der Waals surface area contributed by atoms with E-state index < -0.39 is 0 Å². The molecule has 0 aromatic heterocycles. The number of hydrogen-bond donors (Lipinski definition) is 1. The Kier molecular flexibility index (Phi) is 9.47. The van der Waals surface area contributed by atoms with Gasteiger partial charge in [0.15, 0.2) is 0 Å². The lowest BCUT2D eigenvalue weighted by atomic mass is 9.78. The molecule has 30 heavy (non-hydrogen) atoms. The van der Waals surface area contributed by atoms with Crippen molar-refractivity contribution in [1.29, 1.82) is 0 Å². The van der Waals surface area contributed by atoms with Crippen LogP contribution in [0.1, 0.15) is 55.2 Å². The molecule has 1 aliphatic heterocycles. The SMILES string of the molecule is CCC(c1ccc(OC)cc1)C(CC)c1ccc(O)c(CN2CCN(C)CC2)c1.Cl. The second-order valence-corrected chi connectivity index (χ2v) is 8.27. The average Bonchev–Trinajstić information content (AvgIpc) is 2.75. The highest BCUT2D eigenvalue weighted by atomic mass is 35.5. The van der Waals surface area contributed by atoms with E-state index in [9.17, 15) is 5.11 Å². The van der Waals surface area contributed by atoms with Crippen LogP contribution in [-0.4, -0.2) is 55.2 Å². The highest BCUT2D eigenvalue weighted by molar-refractivity contribution is 5.85. The minimum Gasteiger partial charge on any atom is -0.508 e. The van der Waals surface area contributed by atoms with Gasteiger partial charge in [-0.25, -0.2) is 0 Å². The third kappa shape index (κ3) is 5.90. The number of ether oxygens (including phenoxy) is 1. The van der Waals surface area contributed by atoms with E-state index in [1.807, 2.05) is 6.07 Å². The van der Waals surface area contributed by atoms with E-state index in [2.05, 4.69) is 67.1 Å². The monoisotopic (exact) mass is 432 g/mol. The molecule has 0 spiro atoms. The fraction of sp³-hybridized carbons (Fsp3) is 0.520. The van der Waals surface area contributed by atoms with Crippen LogP contribution in [0.25, 0.3) is 0 Å². The Bertz CT molecular complexity index is 773. The van der Waals surface area contributed by atoms with E-state index in [-0.39, 0.29) is 12.4 Å². The predicted octanol–water partition coefficient (Wildman–Crippen LogP) is 5.26. The molecule has 3 rings (SSSR count). The van der Waals surface area contributed by atoms with Crippen LogP contribution in [0.3, 0.4) is 0 Å². The zero-order valence-corrected chi connectivity index (χ0v) is 19.6. The van der Waals surface area contributed by atoms with E-state index in [0.29, 0.717) is 17.6 Å². The van der Waals surface area contributed by atoms with Crippen LogP contribution in [0.15, 0.2) is 42.5 Å². The summed E-state index contributed by atoms with van der Waals surface area (Å²) in [5, 5.41) is 10.5. The summed E-state index contributed by atoms with van der Waals surface area (Å²) in [4.78, 5) is 4.81. The maximum absolute atomic E-state index is 10.5. The first-order valence-electron chi connectivity index (χ1n) is 10.9.